The van der Waals surface area contributed by atoms with Crippen LogP contribution in [0.15, 0.2) is 6.20 Å². The van der Waals surface area contributed by atoms with Crippen LogP contribution in [0.1, 0.15) is 5.69 Å². The Balaban J connectivity index is 1.97. The number of hydrogen-bond donors (Lipinski definition) is 2. The van der Waals surface area contributed by atoms with E-state index in [0.29, 0.717) is 12.6 Å². The molecule has 1 atom stereocenters. The van der Waals surface area contributed by atoms with E-state index in [2.05, 4.69) is 20.5 Å². The molecular formula is C9H18N6. The second-order valence-electron chi connectivity index (χ2n) is 3.95. The van der Waals surface area contributed by atoms with Gasteiger partial charge in [-0.3, -0.25) is 9.58 Å². The summed E-state index contributed by atoms with van der Waals surface area (Å²) >= 11 is 0. The van der Waals surface area contributed by atoms with Crippen LogP contribution in [0.25, 0.3) is 0 Å². The van der Waals surface area contributed by atoms with Gasteiger partial charge in [0.25, 0.3) is 0 Å². The van der Waals surface area contributed by atoms with Crippen molar-refractivity contribution in [1.29, 1.82) is 0 Å². The molecule has 0 bridgehead atoms. The van der Waals surface area contributed by atoms with Gasteiger partial charge in [0.2, 0.25) is 0 Å². The van der Waals surface area contributed by atoms with Crippen LogP contribution in [0, 0.1) is 0 Å². The highest BCUT2D eigenvalue weighted by Gasteiger charge is 2.21. The molecule has 1 unspecified atom stereocenters. The Bertz CT molecular complexity index is 309. The maximum atomic E-state index is 5.73. The Kier molecular flexibility index (Phi) is 3.30. The summed E-state index contributed by atoms with van der Waals surface area (Å²) in [5, 5.41) is 11.4. The van der Waals surface area contributed by atoms with Gasteiger partial charge in [-0.1, -0.05) is 5.21 Å². The first-order chi connectivity index (χ1) is 7.29. The van der Waals surface area contributed by atoms with Crippen molar-refractivity contribution in [2.75, 3.05) is 26.2 Å². The van der Waals surface area contributed by atoms with Gasteiger partial charge < -0.3 is 11.1 Å². The van der Waals surface area contributed by atoms with Crippen molar-refractivity contribution >= 4 is 0 Å². The third kappa shape index (κ3) is 2.53. The number of rotatable bonds is 3. The molecule has 0 aliphatic carbocycles. The monoisotopic (exact) mass is 210 g/mol. The van der Waals surface area contributed by atoms with Gasteiger partial charge in [-0.2, -0.15) is 0 Å². The molecule has 1 aromatic heterocycles. The molecule has 1 saturated heterocycles. The standard InChI is InChI=1S/C9H18N6/c1-14-6-8(12-13-14)7-15-3-2-11-5-9(15)4-10/h6,9,11H,2-5,7,10H2,1H3. The number of aromatic nitrogens is 3. The molecule has 0 radical (unpaired) electrons. The summed E-state index contributed by atoms with van der Waals surface area (Å²) in [4.78, 5) is 2.36. The molecule has 3 N–H and O–H groups in total. The summed E-state index contributed by atoms with van der Waals surface area (Å²) < 4.78 is 1.73. The number of aryl methyl sites for hydroxylation is 1. The van der Waals surface area contributed by atoms with Crippen LogP contribution >= 0.6 is 0 Å². The van der Waals surface area contributed by atoms with Crippen molar-refractivity contribution in [1.82, 2.24) is 25.2 Å². The highest BCUT2D eigenvalue weighted by molar-refractivity contribution is 4.94. The van der Waals surface area contributed by atoms with Gasteiger partial charge in [-0.25, -0.2) is 0 Å². The first-order valence-corrected chi connectivity index (χ1v) is 5.29. The third-order valence-corrected chi connectivity index (χ3v) is 2.76. The van der Waals surface area contributed by atoms with E-state index in [1.54, 1.807) is 4.68 Å². The summed E-state index contributed by atoms with van der Waals surface area (Å²) in [7, 11) is 1.88. The van der Waals surface area contributed by atoms with Gasteiger partial charge in [0, 0.05) is 52.0 Å². The lowest BCUT2D eigenvalue weighted by molar-refractivity contribution is 0.156. The molecule has 1 aliphatic heterocycles. The number of hydrogen-bond acceptors (Lipinski definition) is 5. The third-order valence-electron chi connectivity index (χ3n) is 2.76. The highest BCUT2D eigenvalue weighted by Crippen LogP contribution is 2.06. The van der Waals surface area contributed by atoms with Crippen LogP contribution in [-0.2, 0) is 13.6 Å². The number of nitrogens with zero attached hydrogens (tertiary/aromatic N) is 4. The zero-order valence-electron chi connectivity index (χ0n) is 9.06. The van der Waals surface area contributed by atoms with E-state index in [-0.39, 0.29) is 0 Å². The minimum Gasteiger partial charge on any atom is -0.329 e. The Morgan fingerprint density at radius 1 is 1.67 bits per heavy atom. The van der Waals surface area contributed by atoms with Crippen molar-refractivity contribution in [3.8, 4) is 0 Å². The van der Waals surface area contributed by atoms with E-state index in [1.807, 2.05) is 13.2 Å². The van der Waals surface area contributed by atoms with Gasteiger partial charge in [0.1, 0.15) is 0 Å². The van der Waals surface area contributed by atoms with Crippen LogP contribution in [-0.4, -0.2) is 52.1 Å². The van der Waals surface area contributed by atoms with E-state index in [0.717, 1.165) is 31.9 Å². The number of nitrogens with two attached hydrogens (primary N) is 1. The number of nitrogens with one attached hydrogen (secondary N) is 1. The fourth-order valence-electron chi connectivity index (χ4n) is 1.92. The lowest BCUT2D eigenvalue weighted by Crippen LogP contribution is -2.53. The molecule has 84 valence electrons. The van der Waals surface area contributed by atoms with Crippen LogP contribution in [0.5, 0.6) is 0 Å². The fraction of sp³-hybridized carbons (Fsp3) is 0.778. The fourth-order valence-corrected chi connectivity index (χ4v) is 1.92. The maximum Gasteiger partial charge on any atom is 0.0967 e. The minimum absolute atomic E-state index is 0.417. The second-order valence-corrected chi connectivity index (χ2v) is 3.95. The lowest BCUT2D eigenvalue weighted by atomic mass is 10.2. The molecule has 6 heteroatoms. The van der Waals surface area contributed by atoms with Gasteiger partial charge >= 0.3 is 0 Å². The topological polar surface area (TPSA) is 72.0 Å². The summed E-state index contributed by atoms with van der Waals surface area (Å²) in [6.45, 7) is 4.55. The molecular weight excluding hydrogens is 192 g/mol. The number of piperazine rings is 1. The molecule has 1 fully saturated rings. The van der Waals surface area contributed by atoms with Gasteiger partial charge in [0.05, 0.1) is 5.69 Å². The second kappa shape index (κ2) is 4.69. The first-order valence-electron chi connectivity index (χ1n) is 5.29. The maximum absolute atomic E-state index is 5.73. The molecule has 0 aromatic carbocycles. The van der Waals surface area contributed by atoms with Crippen molar-refractivity contribution in [2.45, 2.75) is 12.6 Å². The smallest absolute Gasteiger partial charge is 0.0967 e. The van der Waals surface area contributed by atoms with Crippen molar-refractivity contribution in [3.05, 3.63) is 11.9 Å². The van der Waals surface area contributed by atoms with E-state index in [9.17, 15) is 0 Å². The van der Waals surface area contributed by atoms with Crippen molar-refractivity contribution in [2.24, 2.45) is 12.8 Å². The molecule has 6 nitrogen and oxygen atoms in total. The van der Waals surface area contributed by atoms with Crippen LogP contribution in [0.3, 0.4) is 0 Å². The van der Waals surface area contributed by atoms with Crippen molar-refractivity contribution < 1.29 is 0 Å². The summed E-state index contributed by atoms with van der Waals surface area (Å²) in [6.07, 6.45) is 1.95. The van der Waals surface area contributed by atoms with Gasteiger partial charge in [-0.05, 0) is 0 Å². The van der Waals surface area contributed by atoms with E-state index in [1.165, 1.54) is 0 Å². The Morgan fingerprint density at radius 2 is 2.53 bits per heavy atom. The predicted molar refractivity (Wildman–Crippen MR) is 57.1 cm³/mol. The molecule has 0 amide bonds. The first kappa shape index (κ1) is 10.5. The van der Waals surface area contributed by atoms with Crippen LogP contribution in [0.2, 0.25) is 0 Å². The minimum atomic E-state index is 0.417. The summed E-state index contributed by atoms with van der Waals surface area (Å²) in [5.41, 5.74) is 6.74. The molecule has 2 rings (SSSR count). The lowest BCUT2D eigenvalue weighted by Gasteiger charge is -2.34. The highest BCUT2D eigenvalue weighted by atomic mass is 15.4. The average molecular weight is 210 g/mol. The Labute approximate surface area is 89.4 Å². The molecule has 2 heterocycles. The Morgan fingerprint density at radius 3 is 3.20 bits per heavy atom. The van der Waals surface area contributed by atoms with Crippen LogP contribution in [0.4, 0.5) is 0 Å². The largest absolute Gasteiger partial charge is 0.329 e. The van der Waals surface area contributed by atoms with Gasteiger partial charge in [-0.15, -0.1) is 5.10 Å². The zero-order chi connectivity index (χ0) is 10.7. The van der Waals surface area contributed by atoms with Gasteiger partial charge in [0.15, 0.2) is 0 Å². The predicted octanol–water partition coefficient (Wildman–Crippen LogP) is -1.45. The quantitative estimate of drug-likeness (QED) is 0.638. The van der Waals surface area contributed by atoms with Crippen LogP contribution < -0.4 is 11.1 Å². The van der Waals surface area contributed by atoms with E-state index in [4.69, 9.17) is 5.73 Å². The van der Waals surface area contributed by atoms with E-state index >= 15 is 0 Å². The molecule has 0 saturated carbocycles. The zero-order valence-corrected chi connectivity index (χ0v) is 9.06. The average Bonchev–Trinajstić information content (AvgIpc) is 2.65. The molecule has 0 spiro atoms. The Hall–Kier alpha value is -0.980. The molecule has 1 aliphatic rings. The molecule has 1 aromatic rings. The SMILES string of the molecule is Cn1cc(CN2CCNCC2CN)nn1. The molecule has 15 heavy (non-hydrogen) atoms. The van der Waals surface area contributed by atoms with Crippen molar-refractivity contribution in [3.63, 3.8) is 0 Å². The summed E-state index contributed by atoms with van der Waals surface area (Å²) in [6, 6.07) is 0.417. The normalized spacial score (nSPS) is 23.2. The summed E-state index contributed by atoms with van der Waals surface area (Å²) in [5.74, 6) is 0. The van der Waals surface area contributed by atoms with E-state index < -0.39 is 0 Å².